The van der Waals surface area contributed by atoms with Crippen molar-refractivity contribution in [2.45, 2.75) is 37.1 Å². The van der Waals surface area contributed by atoms with Gasteiger partial charge in [-0.05, 0) is 36.6 Å². The van der Waals surface area contributed by atoms with Crippen LogP contribution >= 0.6 is 0 Å². The number of nitrogens with zero attached hydrogens (tertiary/aromatic N) is 2. The number of sulfone groups is 1. The summed E-state index contributed by atoms with van der Waals surface area (Å²) >= 11 is 0. The highest BCUT2D eigenvalue weighted by Crippen LogP contribution is 2.20. The van der Waals surface area contributed by atoms with Gasteiger partial charge in [-0.1, -0.05) is 25.5 Å². The van der Waals surface area contributed by atoms with Gasteiger partial charge in [0, 0.05) is 31.8 Å². The van der Waals surface area contributed by atoms with Crippen molar-refractivity contribution in [1.29, 1.82) is 0 Å². The number of hydrogen-bond acceptors (Lipinski definition) is 6. The van der Waals surface area contributed by atoms with Gasteiger partial charge in [0.25, 0.3) is 0 Å². The molecule has 31 heavy (non-hydrogen) atoms. The van der Waals surface area contributed by atoms with Crippen LogP contribution < -0.4 is 0 Å². The Morgan fingerprint density at radius 3 is 2.48 bits per heavy atom. The second kappa shape index (κ2) is 10.2. The van der Waals surface area contributed by atoms with Crippen molar-refractivity contribution >= 4 is 31.8 Å². The molecule has 1 unspecified atom stereocenters. The fourth-order valence-corrected chi connectivity index (χ4v) is 6.91. The summed E-state index contributed by atoms with van der Waals surface area (Å²) in [4.78, 5) is 14.6. The molecule has 0 bridgehead atoms. The number of unbranched alkanes of at least 4 members (excludes halogenated alkanes) is 1. The molecule has 0 aliphatic carbocycles. The lowest BCUT2D eigenvalue weighted by atomic mass is 10.1. The van der Waals surface area contributed by atoms with Crippen LogP contribution in [0.2, 0.25) is 0 Å². The molecule has 0 saturated carbocycles. The third-order valence-electron chi connectivity index (χ3n) is 5.59. The molecule has 3 rings (SSSR count). The van der Waals surface area contributed by atoms with Gasteiger partial charge in [0.1, 0.15) is 0 Å². The molecule has 1 amide bonds. The zero-order valence-corrected chi connectivity index (χ0v) is 19.4. The Labute approximate surface area is 184 Å². The molecule has 0 N–H and O–H groups in total. The minimum atomic E-state index is -3.56. The van der Waals surface area contributed by atoms with Crippen LogP contribution in [0.3, 0.4) is 0 Å². The zero-order valence-electron chi connectivity index (χ0n) is 17.8. The number of amides is 1. The van der Waals surface area contributed by atoms with Gasteiger partial charge in [-0.3, -0.25) is 4.79 Å². The predicted octanol–water partition coefficient (Wildman–Crippen LogP) is 1.54. The summed E-state index contributed by atoms with van der Waals surface area (Å²) in [6.45, 7) is 4.00. The minimum absolute atomic E-state index is 0.0182. The molecule has 1 aromatic rings. The SMILES string of the molecule is CCCCN(C(=O)/C=C/c1ccc(S(=O)(=O)N2CCOCC2)cc1)C1CCS(=O)(=O)C1. The molecule has 10 heteroatoms. The molecule has 0 radical (unpaired) electrons. The van der Waals surface area contributed by atoms with E-state index < -0.39 is 19.9 Å². The fraction of sp³-hybridized carbons (Fsp3) is 0.571. The molecule has 0 spiro atoms. The molecular formula is C21H30N2O6S2. The standard InChI is InChI=1S/C21H30N2O6S2/c1-2-3-11-23(19-10-16-30(25,26)17-19)21(24)9-6-18-4-7-20(8-5-18)31(27,28)22-12-14-29-15-13-22/h4-9,19H,2-3,10-17H2,1H3/b9-6+. The Kier molecular flexibility index (Phi) is 7.90. The van der Waals surface area contributed by atoms with E-state index in [4.69, 9.17) is 4.74 Å². The van der Waals surface area contributed by atoms with Gasteiger partial charge in [-0.15, -0.1) is 0 Å². The van der Waals surface area contributed by atoms with Crippen LogP contribution in [-0.4, -0.2) is 82.3 Å². The summed E-state index contributed by atoms with van der Waals surface area (Å²) in [6, 6.07) is 6.11. The second-order valence-corrected chi connectivity index (χ2v) is 12.0. The normalized spacial score (nSPS) is 22.0. The van der Waals surface area contributed by atoms with Crippen molar-refractivity contribution in [3.05, 3.63) is 35.9 Å². The third kappa shape index (κ3) is 6.15. The highest BCUT2D eigenvalue weighted by Gasteiger charge is 2.33. The Hall–Kier alpha value is -1.75. The van der Waals surface area contributed by atoms with E-state index in [-0.39, 0.29) is 28.4 Å². The third-order valence-corrected chi connectivity index (χ3v) is 9.25. The van der Waals surface area contributed by atoms with Crippen molar-refractivity contribution in [2.24, 2.45) is 0 Å². The van der Waals surface area contributed by atoms with E-state index in [0.717, 1.165) is 12.8 Å². The first-order chi connectivity index (χ1) is 14.7. The maximum Gasteiger partial charge on any atom is 0.246 e. The first-order valence-electron chi connectivity index (χ1n) is 10.6. The van der Waals surface area contributed by atoms with Crippen LogP contribution in [0.25, 0.3) is 6.08 Å². The van der Waals surface area contributed by atoms with Crippen molar-refractivity contribution in [2.75, 3.05) is 44.4 Å². The largest absolute Gasteiger partial charge is 0.379 e. The lowest BCUT2D eigenvalue weighted by molar-refractivity contribution is -0.127. The van der Waals surface area contributed by atoms with Crippen LogP contribution in [-0.2, 0) is 29.4 Å². The molecule has 2 heterocycles. The summed E-state index contributed by atoms with van der Waals surface area (Å²) in [6.07, 6.45) is 5.26. The van der Waals surface area contributed by atoms with E-state index in [2.05, 4.69) is 0 Å². The van der Waals surface area contributed by atoms with Crippen molar-refractivity contribution in [3.63, 3.8) is 0 Å². The highest BCUT2D eigenvalue weighted by atomic mass is 32.2. The van der Waals surface area contributed by atoms with E-state index in [1.807, 2.05) is 6.92 Å². The summed E-state index contributed by atoms with van der Waals surface area (Å²) in [5, 5.41) is 0. The maximum absolute atomic E-state index is 12.8. The highest BCUT2D eigenvalue weighted by molar-refractivity contribution is 7.91. The quantitative estimate of drug-likeness (QED) is 0.534. The fourth-order valence-electron chi connectivity index (χ4n) is 3.77. The van der Waals surface area contributed by atoms with Gasteiger partial charge in [-0.2, -0.15) is 4.31 Å². The average molecular weight is 471 g/mol. The number of ether oxygens (including phenoxy) is 1. The Balaban J connectivity index is 1.68. The van der Waals surface area contributed by atoms with Crippen molar-refractivity contribution in [3.8, 4) is 0 Å². The molecule has 2 aliphatic rings. The summed E-state index contributed by atoms with van der Waals surface area (Å²) < 4.78 is 55.7. The van der Waals surface area contributed by atoms with Crippen molar-refractivity contribution < 1.29 is 26.4 Å². The van der Waals surface area contributed by atoms with Crippen LogP contribution in [0, 0.1) is 0 Å². The number of rotatable bonds is 8. The van der Waals surface area contributed by atoms with Gasteiger partial charge < -0.3 is 9.64 Å². The molecule has 1 atom stereocenters. The lowest BCUT2D eigenvalue weighted by Crippen LogP contribution is -2.40. The van der Waals surface area contributed by atoms with Crippen LogP contribution in [0.15, 0.2) is 35.2 Å². The van der Waals surface area contributed by atoms with E-state index in [0.29, 0.717) is 44.8 Å². The summed E-state index contributed by atoms with van der Waals surface area (Å²) in [5.41, 5.74) is 0.698. The number of sulfonamides is 1. The molecular weight excluding hydrogens is 440 g/mol. The van der Waals surface area contributed by atoms with Crippen LogP contribution in [0.5, 0.6) is 0 Å². The monoisotopic (exact) mass is 470 g/mol. The number of carbonyl (C=O) groups is 1. The number of carbonyl (C=O) groups excluding carboxylic acids is 1. The molecule has 2 saturated heterocycles. The number of hydrogen-bond donors (Lipinski definition) is 0. The van der Waals surface area contributed by atoms with Gasteiger partial charge >= 0.3 is 0 Å². The topological polar surface area (TPSA) is 101 Å². The molecule has 1 aromatic carbocycles. The minimum Gasteiger partial charge on any atom is -0.379 e. The smallest absolute Gasteiger partial charge is 0.246 e. The Morgan fingerprint density at radius 1 is 1.23 bits per heavy atom. The van der Waals surface area contributed by atoms with Crippen LogP contribution in [0.1, 0.15) is 31.7 Å². The average Bonchev–Trinajstić information content (AvgIpc) is 3.12. The van der Waals surface area contributed by atoms with Gasteiger partial charge in [0.2, 0.25) is 15.9 Å². The second-order valence-electron chi connectivity index (χ2n) is 7.86. The van der Waals surface area contributed by atoms with Gasteiger partial charge in [0.15, 0.2) is 9.84 Å². The lowest BCUT2D eigenvalue weighted by Gasteiger charge is -2.27. The van der Waals surface area contributed by atoms with E-state index in [9.17, 15) is 21.6 Å². The molecule has 8 nitrogen and oxygen atoms in total. The predicted molar refractivity (Wildman–Crippen MR) is 119 cm³/mol. The summed E-state index contributed by atoms with van der Waals surface area (Å²) in [7, 11) is -6.64. The van der Waals surface area contributed by atoms with E-state index in [1.54, 1.807) is 23.1 Å². The van der Waals surface area contributed by atoms with Crippen molar-refractivity contribution in [1.82, 2.24) is 9.21 Å². The van der Waals surface area contributed by atoms with Crippen LogP contribution in [0.4, 0.5) is 0 Å². The van der Waals surface area contributed by atoms with E-state index >= 15 is 0 Å². The molecule has 172 valence electrons. The Bertz CT molecular complexity index is 997. The first kappa shape index (κ1) is 23.9. The van der Waals surface area contributed by atoms with Gasteiger partial charge in [-0.25, -0.2) is 16.8 Å². The maximum atomic E-state index is 12.8. The van der Waals surface area contributed by atoms with Gasteiger partial charge in [0.05, 0.1) is 29.6 Å². The van der Waals surface area contributed by atoms with E-state index in [1.165, 1.54) is 22.5 Å². The molecule has 0 aromatic heterocycles. The summed E-state index contributed by atoms with van der Waals surface area (Å²) in [5.74, 6) is -0.0821. The Morgan fingerprint density at radius 2 is 1.90 bits per heavy atom. The molecule has 2 aliphatic heterocycles. The zero-order chi connectivity index (χ0) is 22.5. The number of benzene rings is 1. The number of morpholine rings is 1. The molecule has 2 fully saturated rings. The first-order valence-corrected chi connectivity index (χ1v) is 13.9.